The van der Waals surface area contributed by atoms with Gasteiger partial charge in [0.05, 0.1) is 11.1 Å². The molecule has 2 aromatic rings. The Morgan fingerprint density at radius 1 is 1.45 bits per heavy atom. The molecule has 118 valence electrons. The molecular formula is C15H17BrClN3O2. The van der Waals surface area contributed by atoms with Gasteiger partial charge in [-0.2, -0.15) is 0 Å². The van der Waals surface area contributed by atoms with E-state index in [1.54, 1.807) is 0 Å². The van der Waals surface area contributed by atoms with Crippen molar-refractivity contribution in [3.63, 3.8) is 0 Å². The van der Waals surface area contributed by atoms with Crippen LogP contribution < -0.4 is 16.6 Å². The molecule has 1 aromatic carbocycles. The smallest absolute Gasteiger partial charge is 0.252 e. The van der Waals surface area contributed by atoms with E-state index in [9.17, 15) is 9.59 Å². The number of H-pyrrole nitrogens is 1. The van der Waals surface area contributed by atoms with Gasteiger partial charge in [0.1, 0.15) is 0 Å². The van der Waals surface area contributed by atoms with Crippen LogP contribution in [0, 0.1) is 5.92 Å². The van der Waals surface area contributed by atoms with E-state index in [0.717, 1.165) is 17.3 Å². The van der Waals surface area contributed by atoms with Crippen molar-refractivity contribution >= 4 is 45.1 Å². The lowest BCUT2D eigenvalue weighted by Gasteiger charge is -2.16. The minimum atomic E-state index is -0.296. The monoisotopic (exact) mass is 385 g/mol. The molecule has 1 fully saturated rings. The molecule has 4 N–H and O–H groups in total. The number of para-hydroxylation sites is 1. The second-order valence-corrected chi connectivity index (χ2v) is 6.22. The van der Waals surface area contributed by atoms with Crippen LogP contribution in [0.3, 0.4) is 0 Å². The molecule has 1 aromatic heterocycles. The second-order valence-electron chi connectivity index (χ2n) is 5.36. The van der Waals surface area contributed by atoms with Crippen LogP contribution in [0.4, 0.5) is 0 Å². The van der Waals surface area contributed by atoms with Crippen molar-refractivity contribution < 1.29 is 4.79 Å². The van der Waals surface area contributed by atoms with Gasteiger partial charge in [0.15, 0.2) is 0 Å². The molecule has 1 amide bonds. The molecule has 3 rings (SSSR count). The van der Waals surface area contributed by atoms with Gasteiger partial charge in [-0.1, -0.05) is 12.1 Å². The summed E-state index contributed by atoms with van der Waals surface area (Å²) in [7, 11) is 0. The quantitative estimate of drug-likeness (QED) is 0.752. The third-order valence-electron chi connectivity index (χ3n) is 3.83. The summed E-state index contributed by atoms with van der Waals surface area (Å²) in [4.78, 5) is 27.0. The van der Waals surface area contributed by atoms with Crippen molar-refractivity contribution in [3.8, 4) is 0 Å². The number of aromatic nitrogens is 1. The van der Waals surface area contributed by atoms with Gasteiger partial charge in [0, 0.05) is 28.5 Å². The van der Waals surface area contributed by atoms with E-state index in [4.69, 9.17) is 5.73 Å². The number of nitrogens with two attached hydrogens (primary N) is 1. The average molecular weight is 387 g/mol. The maximum atomic E-state index is 12.5. The van der Waals surface area contributed by atoms with Crippen LogP contribution in [0.2, 0.25) is 0 Å². The first-order chi connectivity index (χ1) is 10.1. The first-order valence-corrected chi connectivity index (χ1v) is 7.72. The number of hydrogen-bond donors (Lipinski definition) is 3. The van der Waals surface area contributed by atoms with Crippen LogP contribution in [0.5, 0.6) is 0 Å². The number of carbonyl (C=O) groups is 1. The molecule has 0 saturated heterocycles. The van der Waals surface area contributed by atoms with E-state index in [0.29, 0.717) is 28.9 Å². The maximum Gasteiger partial charge on any atom is 0.252 e. The Kier molecular flexibility index (Phi) is 5.26. The third kappa shape index (κ3) is 3.34. The van der Waals surface area contributed by atoms with Crippen LogP contribution in [-0.4, -0.2) is 23.5 Å². The molecule has 1 unspecified atom stereocenters. The van der Waals surface area contributed by atoms with Crippen molar-refractivity contribution in [1.29, 1.82) is 0 Å². The molecule has 0 aliphatic heterocycles. The highest BCUT2D eigenvalue weighted by atomic mass is 79.9. The Bertz CT molecular complexity index is 758. The van der Waals surface area contributed by atoms with Crippen LogP contribution in [0.15, 0.2) is 33.5 Å². The summed E-state index contributed by atoms with van der Waals surface area (Å²) in [6.45, 7) is 0.418. The number of pyridine rings is 1. The van der Waals surface area contributed by atoms with Crippen molar-refractivity contribution in [2.75, 3.05) is 6.54 Å². The number of benzene rings is 1. The molecule has 1 heterocycles. The number of fused-ring (bicyclic) bond motifs is 1. The highest BCUT2D eigenvalue weighted by molar-refractivity contribution is 9.10. The third-order valence-corrected chi connectivity index (χ3v) is 4.49. The van der Waals surface area contributed by atoms with Gasteiger partial charge in [0.25, 0.3) is 5.91 Å². The van der Waals surface area contributed by atoms with Crippen molar-refractivity contribution in [2.24, 2.45) is 11.7 Å². The topological polar surface area (TPSA) is 88.0 Å². The van der Waals surface area contributed by atoms with Gasteiger partial charge in [-0.15, -0.1) is 12.4 Å². The van der Waals surface area contributed by atoms with E-state index in [1.807, 2.05) is 18.2 Å². The van der Waals surface area contributed by atoms with Gasteiger partial charge >= 0.3 is 0 Å². The summed E-state index contributed by atoms with van der Waals surface area (Å²) in [5, 5.41) is 3.67. The minimum Gasteiger partial charge on any atom is -0.348 e. The van der Waals surface area contributed by atoms with Gasteiger partial charge in [-0.3, -0.25) is 9.59 Å². The summed E-state index contributed by atoms with van der Waals surface area (Å²) >= 11 is 3.39. The number of halogens is 2. The lowest BCUT2D eigenvalue weighted by Crippen LogP contribution is -2.42. The predicted molar refractivity (Wildman–Crippen MR) is 92.5 cm³/mol. The Labute approximate surface area is 142 Å². The van der Waals surface area contributed by atoms with Crippen LogP contribution in [-0.2, 0) is 0 Å². The highest BCUT2D eigenvalue weighted by Gasteiger charge is 2.31. The normalized spacial score (nSPS) is 15.2. The number of amides is 1. The number of hydrogen-bond acceptors (Lipinski definition) is 3. The molecule has 1 aliphatic rings. The van der Waals surface area contributed by atoms with Crippen molar-refractivity contribution in [2.45, 2.75) is 18.9 Å². The number of aromatic amines is 1. The lowest BCUT2D eigenvalue weighted by atomic mass is 10.1. The summed E-state index contributed by atoms with van der Waals surface area (Å²) in [6, 6.07) is 6.80. The first-order valence-electron chi connectivity index (χ1n) is 6.92. The van der Waals surface area contributed by atoms with Crippen molar-refractivity contribution in [3.05, 3.63) is 44.7 Å². The molecule has 7 heteroatoms. The molecule has 1 atom stereocenters. The number of carbonyl (C=O) groups excluding carboxylic acids is 1. The zero-order chi connectivity index (χ0) is 15.0. The highest BCUT2D eigenvalue weighted by Crippen LogP contribution is 2.32. The molecular weight excluding hydrogens is 370 g/mol. The first kappa shape index (κ1) is 17.0. The van der Waals surface area contributed by atoms with E-state index in [-0.39, 0.29) is 29.9 Å². The number of nitrogens with one attached hydrogen (secondary N) is 2. The Hall–Kier alpha value is -1.37. The molecule has 5 nitrogen and oxygen atoms in total. The molecule has 1 saturated carbocycles. The largest absolute Gasteiger partial charge is 0.348 e. The Morgan fingerprint density at radius 3 is 2.82 bits per heavy atom. The molecule has 22 heavy (non-hydrogen) atoms. The molecule has 0 spiro atoms. The standard InChI is InChI=1S/C15H16BrN3O2.ClH/c16-11-3-1-2-9-10(6-13(20)19-14(9)11)15(21)18-12(7-17)8-4-5-8;/h1-3,6,8,12H,4-5,7,17H2,(H,18,21)(H,19,20);1H. The van der Waals surface area contributed by atoms with Gasteiger partial charge in [0.2, 0.25) is 5.56 Å². The summed E-state index contributed by atoms with van der Waals surface area (Å²) in [5.41, 5.74) is 6.43. The fourth-order valence-corrected chi connectivity index (χ4v) is 3.01. The van der Waals surface area contributed by atoms with Crippen LogP contribution >= 0.6 is 28.3 Å². The van der Waals surface area contributed by atoms with E-state index in [2.05, 4.69) is 26.2 Å². The van der Waals surface area contributed by atoms with E-state index in [1.165, 1.54) is 6.07 Å². The zero-order valence-corrected chi connectivity index (χ0v) is 14.2. The summed E-state index contributed by atoms with van der Waals surface area (Å²) in [5.74, 6) is 0.227. The minimum absolute atomic E-state index is 0. The Balaban J connectivity index is 0.00000176. The van der Waals surface area contributed by atoms with Gasteiger partial charge in [-0.05, 0) is 40.8 Å². The SMILES string of the molecule is Cl.NCC(NC(=O)c1cc(=O)[nH]c2c(Br)cccc12)C1CC1. The van der Waals surface area contributed by atoms with Crippen LogP contribution in [0.25, 0.3) is 10.9 Å². The molecule has 1 aliphatic carbocycles. The fourth-order valence-electron chi connectivity index (χ4n) is 2.55. The Morgan fingerprint density at radius 2 is 2.18 bits per heavy atom. The fraction of sp³-hybridized carbons (Fsp3) is 0.333. The second kappa shape index (κ2) is 6.81. The van der Waals surface area contributed by atoms with Gasteiger partial charge in [-0.25, -0.2) is 0 Å². The number of rotatable bonds is 4. The van der Waals surface area contributed by atoms with Crippen molar-refractivity contribution in [1.82, 2.24) is 10.3 Å². The van der Waals surface area contributed by atoms with Gasteiger partial charge < -0.3 is 16.0 Å². The van der Waals surface area contributed by atoms with E-state index < -0.39 is 0 Å². The zero-order valence-electron chi connectivity index (χ0n) is 11.8. The van der Waals surface area contributed by atoms with E-state index >= 15 is 0 Å². The summed E-state index contributed by atoms with van der Waals surface area (Å²) < 4.78 is 0.754. The van der Waals surface area contributed by atoms with Crippen LogP contribution in [0.1, 0.15) is 23.2 Å². The maximum absolute atomic E-state index is 12.5. The predicted octanol–water partition coefficient (Wildman–Crippen LogP) is 2.18. The summed E-state index contributed by atoms with van der Waals surface area (Å²) in [6.07, 6.45) is 2.20. The average Bonchev–Trinajstić information content (AvgIpc) is 3.29. The molecule has 0 bridgehead atoms. The lowest BCUT2D eigenvalue weighted by molar-refractivity contribution is 0.0935. The molecule has 0 radical (unpaired) electrons.